The predicted octanol–water partition coefficient (Wildman–Crippen LogP) is 6.00. The number of furan rings is 1. The lowest BCUT2D eigenvalue weighted by Crippen LogP contribution is -2.27. The van der Waals surface area contributed by atoms with Gasteiger partial charge in [-0.25, -0.2) is 4.79 Å². The van der Waals surface area contributed by atoms with E-state index in [4.69, 9.17) is 25.5 Å². The van der Waals surface area contributed by atoms with Gasteiger partial charge in [0.2, 0.25) is 0 Å². The quantitative estimate of drug-likeness (QED) is 0.529. The zero-order valence-corrected chi connectivity index (χ0v) is 18.1. The molecule has 2 N–H and O–H groups in total. The molecule has 30 heavy (non-hydrogen) atoms. The van der Waals surface area contributed by atoms with E-state index >= 15 is 0 Å². The van der Waals surface area contributed by atoms with Gasteiger partial charge in [0.1, 0.15) is 16.9 Å². The Morgan fingerprint density at radius 1 is 1.07 bits per heavy atom. The van der Waals surface area contributed by atoms with Crippen molar-refractivity contribution in [3.05, 3.63) is 52.7 Å². The molecule has 0 atom stereocenters. The van der Waals surface area contributed by atoms with Gasteiger partial charge >= 0.3 is 6.09 Å². The Morgan fingerprint density at radius 2 is 1.80 bits per heavy atom. The molecule has 0 unspecified atom stereocenters. The van der Waals surface area contributed by atoms with Crippen molar-refractivity contribution in [2.45, 2.75) is 33.3 Å². The molecule has 1 aromatic heterocycles. The number of methoxy groups -OCH3 is 1. The SMILES string of the molecule is COc1ccc(NC(=O)c2oc3ccc(Cl)cc3c2C)cc1NC(=O)OC(C)(C)C. The molecule has 0 radical (unpaired) electrons. The van der Waals surface area contributed by atoms with Crippen molar-refractivity contribution in [2.75, 3.05) is 17.7 Å². The van der Waals surface area contributed by atoms with Crippen LogP contribution in [0.2, 0.25) is 5.02 Å². The summed E-state index contributed by atoms with van der Waals surface area (Å²) in [6, 6.07) is 10.0. The number of aryl methyl sites for hydroxylation is 1. The summed E-state index contributed by atoms with van der Waals surface area (Å²) in [6.45, 7) is 7.09. The second-order valence-electron chi connectivity index (χ2n) is 7.69. The summed E-state index contributed by atoms with van der Waals surface area (Å²) in [4.78, 5) is 24.9. The van der Waals surface area contributed by atoms with Crippen molar-refractivity contribution in [3.63, 3.8) is 0 Å². The number of amides is 2. The average Bonchev–Trinajstić information content (AvgIpc) is 2.97. The molecule has 3 aromatic rings. The standard InChI is InChI=1S/C22H23ClN2O5/c1-12-15-10-13(23)6-8-17(15)29-19(12)20(26)24-14-7-9-18(28-5)16(11-14)25-21(27)30-22(2,3)4/h6-11H,1-5H3,(H,24,26)(H,25,27). The minimum absolute atomic E-state index is 0.185. The monoisotopic (exact) mass is 430 g/mol. The van der Waals surface area contributed by atoms with Gasteiger partial charge in [-0.1, -0.05) is 11.6 Å². The number of halogens is 1. The van der Waals surface area contributed by atoms with Crippen molar-refractivity contribution >= 4 is 45.9 Å². The second-order valence-corrected chi connectivity index (χ2v) is 8.13. The first-order valence-corrected chi connectivity index (χ1v) is 9.63. The summed E-state index contributed by atoms with van der Waals surface area (Å²) in [5.74, 6) is 0.186. The first-order valence-electron chi connectivity index (χ1n) is 9.25. The van der Waals surface area contributed by atoms with E-state index in [1.54, 1.807) is 64.1 Å². The van der Waals surface area contributed by atoms with E-state index in [1.807, 2.05) is 0 Å². The van der Waals surface area contributed by atoms with Crippen molar-refractivity contribution in [1.82, 2.24) is 0 Å². The first kappa shape index (κ1) is 21.5. The molecule has 0 bridgehead atoms. The summed E-state index contributed by atoms with van der Waals surface area (Å²) in [5, 5.41) is 6.74. The van der Waals surface area contributed by atoms with Crippen molar-refractivity contribution in [1.29, 1.82) is 0 Å². The van der Waals surface area contributed by atoms with Crippen LogP contribution in [0.1, 0.15) is 36.9 Å². The molecule has 0 fully saturated rings. The van der Waals surface area contributed by atoms with Crippen LogP contribution in [0.4, 0.5) is 16.2 Å². The highest BCUT2D eigenvalue weighted by Crippen LogP contribution is 2.31. The molecule has 0 spiro atoms. The van der Waals surface area contributed by atoms with Gasteiger partial charge in [-0.15, -0.1) is 0 Å². The van der Waals surface area contributed by atoms with Crippen LogP contribution in [-0.4, -0.2) is 24.7 Å². The average molecular weight is 431 g/mol. The number of ether oxygens (including phenoxy) is 2. The molecule has 0 aliphatic heterocycles. The van der Waals surface area contributed by atoms with Crippen LogP contribution in [0.25, 0.3) is 11.0 Å². The van der Waals surface area contributed by atoms with E-state index in [9.17, 15) is 9.59 Å². The number of carbonyl (C=O) groups is 2. The van der Waals surface area contributed by atoms with Crippen molar-refractivity contribution in [3.8, 4) is 5.75 Å². The summed E-state index contributed by atoms with van der Waals surface area (Å²) < 4.78 is 16.2. The summed E-state index contributed by atoms with van der Waals surface area (Å²) in [7, 11) is 1.48. The lowest BCUT2D eigenvalue weighted by Gasteiger charge is -2.20. The fraction of sp³-hybridized carbons (Fsp3) is 0.273. The van der Waals surface area contributed by atoms with Gasteiger partial charge in [-0.3, -0.25) is 10.1 Å². The van der Waals surface area contributed by atoms with E-state index < -0.39 is 17.6 Å². The number of nitrogens with one attached hydrogen (secondary N) is 2. The first-order chi connectivity index (χ1) is 14.1. The van der Waals surface area contributed by atoms with E-state index in [0.717, 1.165) is 5.39 Å². The normalized spacial score (nSPS) is 11.3. The molecule has 2 amide bonds. The molecule has 1 heterocycles. The maximum Gasteiger partial charge on any atom is 0.412 e. The largest absolute Gasteiger partial charge is 0.495 e. The van der Waals surface area contributed by atoms with Crippen molar-refractivity contribution < 1.29 is 23.5 Å². The van der Waals surface area contributed by atoms with Gasteiger partial charge in [0.15, 0.2) is 5.76 Å². The maximum absolute atomic E-state index is 12.8. The van der Waals surface area contributed by atoms with Gasteiger partial charge < -0.3 is 19.2 Å². The Kier molecular flexibility index (Phi) is 5.94. The molecular weight excluding hydrogens is 408 g/mol. The zero-order valence-electron chi connectivity index (χ0n) is 17.4. The maximum atomic E-state index is 12.8. The van der Waals surface area contributed by atoms with Gasteiger partial charge in [0.05, 0.1) is 12.8 Å². The van der Waals surface area contributed by atoms with Gasteiger partial charge in [0, 0.05) is 21.7 Å². The molecule has 8 heteroatoms. The number of fused-ring (bicyclic) bond motifs is 1. The minimum atomic E-state index is -0.648. The lowest BCUT2D eigenvalue weighted by molar-refractivity contribution is 0.0635. The minimum Gasteiger partial charge on any atom is -0.495 e. The second kappa shape index (κ2) is 8.28. The molecule has 7 nitrogen and oxygen atoms in total. The van der Waals surface area contributed by atoms with Gasteiger partial charge in [-0.05, 0) is 64.1 Å². The fourth-order valence-corrected chi connectivity index (χ4v) is 3.07. The number of hydrogen-bond donors (Lipinski definition) is 2. The number of carbonyl (C=O) groups excluding carboxylic acids is 2. The predicted molar refractivity (Wildman–Crippen MR) is 117 cm³/mol. The molecule has 0 aliphatic rings. The number of rotatable bonds is 4. The highest BCUT2D eigenvalue weighted by Gasteiger charge is 2.20. The summed E-state index contributed by atoms with van der Waals surface area (Å²) >= 11 is 6.04. The smallest absolute Gasteiger partial charge is 0.412 e. The summed E-state index contributed by atoms with van der Waals surface area (Å²) in [6.07, 6.45) is -0.630. The van der Waals surface area contributed by atoms with Crippen LogP contribution in [-0.2, 0) is 4.74 Å². The Balaban J connectivity index is 1.84. The Morgan fingerprint density at radius 3 is 2.47 bits per heavy atom. The number of benzene rings is 2. The molecule has 0 aliphatic carbocycles. The van der Waals surface area contributed by atoms with Crippen LogP contribution in [0, 0.1) is 6.92 Å². The number of anilines is 2. The molecule has 0 saturated heterocycles. The third-order valence-electron chi connectivity index (χ3n) is 4.20. The van der Waals surface area contributed by atoms with Crippen LogP contribution in [0.3, 0.4) is 0 Å². The van der Waals surface area contributed by atoms with Crippen molar-refractivity contribution in [2.24, 2.45) is 0 Å². The van der Waals surface area contributed by atoms with Crippen LogP contribution < -0.4 is 15.4 Å². The molecule has 0 saturated carbocycles. The van der Waals surface area contributed by atoms with Gasteiger partial charge in [0.25, 0.3) is 5.91 Å². The van der Waals surface area contributed by atoms with Crippen LogP contribution in [0.15, 0.2) is 40.8 Å². The molecule has 2 aromatic carbocycles. The third kappa shape index (κ3) is 4.86. The highest BCUT2D eigenvalue weighted by atomic mass is 35.5. The van der Waals surface area contributed by atoms with E-state index in [1.165, 1.54) is 7.11 Å². The van der Waals surface area contributed by atoms with E-state index in [2.05, 4.69) is 10.6 Å². The fourth-order valence-electron chi connectivity index (χ4n) is 2.89. The topological polar surface area (TPSA) is 89.8 Å². The Labute approximate surface area is 179 Å². The Hall–Kier alpha value is -3.19. The molecular formula is C22H23ClN2O5. The molecule has 3 rings (SSSR count). The van der Waals surface area contributed by atoms with Gasteiger partial charge in [-0.2, -0.15) is 0 Å². The number of hydrogen-bond acceptors (Lipinski definition) is 5. The van der Waals surface area contributed by atoms with E-state index in [-0.39, 0.29) is 5.76 Å². The zero-order chi connectivity index (χ0) is 22.1. The van der Waals surface area contributed by atoms with Crippen LogP contribution >= 0.6 is 11.6 Å². The summed E-state index contributed by atoms with van der Waals surface area (Å²) in [5.41, 5.74) is 1.42. The van der Waals surface area contributed by atoms with Crippen LogP contribution in [0.5, 0.6) is 5.75 Å². The highest BCUT2D eigenvalue weighted by molar-refractivity contribution is 6.31. The lowest BCUT2D eigenvalue weighted by atomic mass is 10.1. The molecule has 158 valence electrons. The Bertz CT molecular complexity index is 1110. The third-order valence-corrected chi connectivity index (χ3v) is 4.43. The van der Waals surface area contributed by atoms with E-state index in [0.29, 0.717) is 33.3 Å².